The van der Waals surface area contributed by atoms with Crippen LogP contribution in [0.15, 0.2) is 45.6 Å². The van der Waals surface area contributed by atoms with Crippen molar-refractivity contribution < 1.29 is 8.42 Å². The van der Waals surface area contributed by atoms with Crippen LogP contribution >= 0.6 is 46.9 Å². The Labute approximate surface area is 180 Å². The van der Waals surface area contributed by atoms with Crippen LogP contribution < -0.4 is 15.8 Å². The Hall–Kier alpha value is -0.880. The number of sulfonamides is 1. The zero-order chi connectivity index (χ0) is 18.3. The molecule has 0 saturated carbocycles. The Morgan fingerprint density at radius 3 is 2.58 bits per heavy atom. The van der Waals surface area contributed by atoms with Gasteiger partial charge in [-0.3, -0.25) is 0 Å². The second kappa shape index (κ2) is 11.1. The van der Waals surface area contributed by atoms with Crippen LogP contribution in [-0.2, 0) is 23.0 Å². The summed E-state index contributed by atoms with van der Waals surface area (Å²) >= 11 is 7.28. The minimum absolute atomic E-state index is 0. The van der Waals surface area contributed by atoms with Crippen molar-refractivity contribution >= 4 is 62.9 Å². The van der Waals surface area contributed by atoms with Crippen molar-refractivity contribution in [1.82, 2.24) is 10.6 Å². The highest BCUT2D eigenvalue weighted by molar-refractivity contribution is 14.0. The molecular formula is C16H22ClIN4O2S2. The van der Waals surface area contributed by atoms with Gasteiger partial charge in [0, 0.05) is 23.0 Å². The van der Waals surface area contributed by atoms with Gasteiger partial charge in [0.05, 0.1) is 6.54 Å². The molecule has 0 amide bonds. The lowest BCUT2D eigenvalue weighted by molar-refractivity contribution is 0.600. The van der Waals surface area contributed by atoms with Crippen molar-refractivity contribution in [1.29, 1.82) is 0 Å². The molecule has 1 aromatic carbocycles. The standard InChI is InChI=1S/C16H21ClN4O2S2.HI/c1-2-19-16(20-10-9-12-5-3-4-6-14(12)17)21-11-13-7-8-15(24-13)25(18,22)23;/h3-8H,2,9-11H2,1H3,(H2,18,22,23)(H2,19,20,21);1H. The Balaban J connectivity index is 0.00000338. The lowest BCUT2D eigenvalue weighted by Gasteiger charge is -2.11. The predicted molar refractivity (Wildman–Crippen MR) is 119 cm³/mol. The minimum Gasteiger partial charge on any atom is -0.357 e. The van der Waals surface area contributed by atoms with Gasteiger partial charge < -0.3 is 10.6 Å². The number of aliphatic imine (C=N–C) groups is 1. The molecule has 1 heterocycles. The molecule has 0 atom stereocenters. The van der Waals surface area contributed by atoms with Gasteiger partial charge >= 0.3 is 0 Å². The summed E-state index contributed by atoms with van der Waals surface area (Å²) in [5.74, 6) is 0.667. The quantitative estimate of drug-likeness (QED) is 0.292. The van der Waals surface area contributed by atoms with Gasteiger partial charge in [0.25, 0.3) is 0 Å². The van der Waals surface area contributed by atoms with E-state index in [1.807, 2.05) is 31.2 Å². The van der Waals surface area contributed by atoms with E-state index >= 15 is 0 Å². The van der Waals surface area contributed by atoms with E-state index in [1.165, 1.54) is 6.07 Å². The molecule has 0 aliphatic heterocycles. The first-order valence-corrected chi connectivity index (χ1v) is 10.5. The number of nitrogens with one attached hydrogen (secondary N) is 2. The van der Waals surface area contributed by atoms with Crippen molar-refractivity contribution in [2.24, 2.45) is 10.1 Å². The molecule has 2 aromatic rings. The summed E-state index contributed by atoms with van der Waals surface area (Å²) in [5.41, 5.74) is 1.07. The van der Waals surface area contributed by atoms with Crippen LogP contribution in [0.1, 0.15) is 17.4 Å². The lowest BCUT2D eigenvalue weighted by Crippen LogP contribution is -2.38. The van der Waals surface area contributed by atoms with E-state index in [0.717, 1.165) is 39.8 Å². The molecule has 0 saturated heterocycles. The fourth-order valence-electron chi connectivity index (χ4n) is 2.11. The van der Waals surface area contributed by atoms with Crippen molar-refractivity contribution in [3.05, 3.63) is 51.9 Å². The molecule has 0 fully saturated rings. The largest absolute Gasteiger partial charge is 0.357 e. The number of benzene rings is 1. The van der Waals surface area contributed by atoms with Gasteiger partial charge in [-0.25, -0.2) is 18.5 Å². The second-order valence-electron chi connectivity index (χ2n) is 5.23. The smallest absolute Gasteiger partial charge is 0.247 e. The third-order valence-electron chi connectivity index (χ3n) is 3.30. The van der Waals surface area contributed by atoms with Crippen LogP contribution in [0.2, 0.25) is 5.02 Å². The number of halogens is 2. The summed E-state index contributed by atoms with van der Waals surface area (Å²) in [4.78, 5) is 5.30. The van der Waals surface area contributed by atoms with Gasteiger partial charge in [-0.15, -0.1) is 35.3 Å². The zero-order valence-electron chi connectivity index (χ0n) is 14.2. The van der Waals surface area contributed by atoms with E-state index < -0.39 is 10.0 Å². The Morgan fingerprint density at radius 1 is 1.23 bits per heavy atom. The average Bonchev–Trinajstić information content (AvgIpc) is 3.03. The van der Waals surface area contributed by atoms with Crippen LogP contribution in [0.4, 0.5) is 0 Å². The second-order valence-corrected chi connectivity index (χ2v) is 8.59. The van der Waals surface area contributed by atoms with Gasteiger partial charge in [0.15, 0.2) is 5.96 Å². The fraction of sp³-hybridized carbons (Fsp3) is 0.312. The lowest BCUT2D eigenvalue weighted by atomic mass is 10.1. The summed E-state index contributed by atoms with van der Waals surface area (Å²) in [5, 5.41) is 12.3. The molecule has 0 radical (unpaired) electrons. The van der Waals surface area contributed by atoms with Crippen LogP contribution in [0.3, 0.4) is 0 Å². The highest BCUT2D eigenvalue weighted by atomic mass is 127. The molecule has 0 unspecified atom stereocenters. The predicted octanol–water partition coefficient (Wildman–Crippen LogP) is 2.96. The van der Waals surface area contributed by atoms with E-state index in [9.17, 15) is 8.42 Å². The average molecular weight is 529 g/mol. The summed E-state index contributed by atoms with van der Waals surface area (Å²) < 4.78 is 22.8. The van der Waals surface area contributed by atoms with Crippen LogP contribution in [-0.4, -0.2) is 27.5 Å². The van der Waals surface area contributed by atoms with E-state index in [-0.39, 0.29) is 28.2 Å². The number of nitrogens with two attached hydrogens (primary N) is 1. The molecular weight excluding hydrogens is 507 g/mol. The monoisotopic (exact) mass is 528 g/mol. The molecule has 26 heavy (non-hydrogen) atoms. The molecule has 1 aromatic heterocycles. The van der Waals surface area contributed by atoms with E-state index in [0.29, 0.717) is 19.0 Å². The Morgan fingerprint density at radius 2 is 1.96 bits per heavy atom. The maximum atomic E-state index is 11.3. The van der Waals surface area contributed by atoms with Crippen LogP contribution in [0, 0.1) is 0 Å². The number of guanidine groups is 1. The van der Waals surface area contributed by atoms with Crippen LogP contribution in [0.5, 0.6) is 0 Å². The van der Waals surface area contributed by atoms with Crippen molar-refractivity contribution in [2.75, 3.05) is 13.1 Å². The Bertz CT molecular complexity index is 840. The van der Waals surface area contributed by atoms with E-state index in [2.05, 4.69) is 15.6 Å². The molecule has 6 nitrogen and oxygen atoms in total. The molecule has 0 aliphatic rings. The van der Waals surface area contributed by atoms with Crippen molar-refractivity contribution in [3.63, 3.8) is 0 Å². The molecule has 10 heteroatoms. The zero-order valence-corrected chi connectivity index (χ0v) is 19.0. The molecule has 0 bridgehead atoms. The minimum atomic E-state index is -3.65. The van der Waals surface area contributed by atoms with Crippen LogP contribution in [0.25, 0.3) is 0 Å². The maximum absolute atomic E-state index is 11.3. The molecule has 4 N–H and O–H groups in total. The summed E-state index contributed by atoms with van der Waals surface area (Å²) in [6, 6.07) is 11.0. The molecule has 144 valence electrons. The van der Waals surface area contributed by atoms with Gasteiger partial charge in [0.1, 0.15) is 4.21 Å². The first-order valence-electron chi connectivity index (χ1n) is 7.77. The number of nitrogens with zero attached hydrogens (tertiary/aromatic N) is 1. The normalized spacial score (nSPS) is 11.7. The highest BCUT2D eigenvalue weighted by Crippen LogP contribution is 2.20. The summed E-state index contributed by atoms with van der Waals surface area (Å²) in [6.07, 6.45) is 0.776. The number of hydrogen-bond acceptors (Lipinski definition) is 4. The van der Waals surface area contributed by atoms with E-state index in [1.54, 1.807) is 6.07 Å². The summed E-state index contributed by atoms with van der Waals surface area (Å²) in [7, 11) is -3.65. The third kappa shape index (κ3) is 7.39. The third-order valence-corrected chi connectivity index (χ3v) is 6.18. The molecule has 0 aliphatic carbocycles. The van der Waals surface area contributed by atoms with Crippen molar-refractivity contribution in [3.8, 4) is 0 Å². The highest BCUT2D eigenvalue weighted by Gasteiger charge is 2.11. The topological polar surface area (TPSA) is 96.6 Å². The summed E-state index contributed by atoms with van der Waals surface area (Å²) in [6.45, 7) is 3.77. The molecule has 2 rings (SSSR count). The first-order chi connectivity index (χ1) is 11.9. The number of hydrogen-bond donors (Lipinski definition) is 3. The van der Waals surface area contributed by atoms with Gasteiger partial charge in [-0.05, 0) is 37.1 Å². The van der Waals surface area contributed by atoms with Gasteiger partial charge in [0.2, 0.25) is 10.0 Å². The van der Waals surface area contributed by atoms with Gasteiger partial charge in [-0.1, -0.05) is 29.8 Å². The van der Waals surface area contributed by atoms with Gasteiger partial charge in [-0.2, -0.15) is 0 Å². The van der Waals surface area contributed by atoms with Crippen molar-refractivity contribution in [2.45, 2.75) is 24.1 Å². The number of thiophene rings is 1. The maximum Gasteiger partial charge on any atom is 0.247 e. The fourth-order valence-corrected chi connectivity index (χ4v) is 4.04. The number of primary sulfonamides is 1. The Kier molecular flexibility index (Phi) is 9.86. The van der Waals surface area contributed by atoms with E-state index in [4.69, 9.17) is 16.7 Å². The SMILES string of the molecule is CCNC(=NCc1ccc(S(N)(=O)=O)s1)NCCc1ccccc1Cl.I. The number of rotatable bonds is 7. The molecule has 0 spiro atoms. The first kappa shape index (κ1) is 23.2.